The average molecular weight is 331 g/mol. The number of carboxylic acid groups (broad SMARTS) is 1. The highest BCUT2D eigenvalue weighted by Crippen LogP contribution is 2.28. The van der Waals surface area contributed by atoms with Crippen molar-refractivity contribution in [1.29, 1.82) is 0 Å². The van der Waals surface area contributed by atoms with Gasteiger partial charge in [0.15, 0.2) is 0 Å². The van der Waals surface area contributed by atoms with Gasteiger partial charge in [0.1, 0.15) is 5.03 Å². The summed E-state index contributed by atoms with van der Waals surface area (Å²) in [5, 5.41) is 14.9. The van der Waals surface area contributed by atoms with E-state index in [2.05, 4.69) is 5.10 Å². The van der Waals surface area contributed by atoms with Crippen molar-refractivity contribution in [2.45, 2.75) is 18.4 Å². The first-order valence-electron chi connectivity index (χ1n) is 5.90. The van der Waals surface area contributed by atoms with Gasteiger partial charge in [-0.25, -0.2) is 4.68 Å². The van der Waals surface area contributed by atoms with Crippen molar-refractivity contribution in [3.8, 4) is 5.69 Å². The van der Waals surface area contributed by atoms with Gasteiger partial charge in [0, 0.05) is 0 Å². The molecule has 0 radical (unpaired) electrons. The molecule has 2 rings (SSSR count). The number of aromatic nitrogens is 2. The fourth-order valence-electron chi connectivity index (χ4n) is 1.62. The Morgan fingerprint density at radius 1 is 1.35 bits per heavy atom. The van der Waals surface area contributed by atoms with Crippen LogP contribution in [0.5, 0.6) is 0 Å². The summed E-state index contributed by atoms with van der Waals surface area (Å²) in [7, 11) is 0. The summed E-state index contributed by atoms with van der Waals surface area (Å²) in [6.07, 6.45) is 0.773. The molecule has 106 valence electrons. The summed E-state index contributed by atoms with van der Waals surface area (Å²) < 4.78 is 1.69. The lowest BCUT2D eigenvalue weighted by molar-refractivity contribution is -0.133. The highest BCUT2D eigenvalue weighted by Gasteiger charge is 2.12. The molecular formula is C13H12Cl2N2O2S. The maximum atomic E-state index is 10.7. The Morgan fingerprint density at radius 2 is 2.10 bits per heavy atom. The minimum atomic E-state index is -0.866. The van der Waals surface area contributed by atoms with Gasteiger partial charge in [-0.3, -0.25) is 4.79 Å². The fraction of sp³-hybridized carbons (Fsp3) is 0.231. The van der Waals surface area contributed by atoms with Crippen molar-refractivity contribution in [2.24, 2.45) is 0 Å². The molecule has 1 aromatic heterocycles. The highest BCUT2D eigenvalue weighted by molar-refractivity contribution is 7.99. The van der Waals surface area contributed by atoms with Gasteiger partial charge in [-0.2, -0.15) is 5.10 Å². The van der Waals surface area contributed by atoms with Crippen molar-refractivity contribution in [3.05, 3.63) is 40.0 Å². The highest BCUT2D eigenvalue weighted by atomic mass is 35.5. The van der Waals surface area contributed by atoms with E-state index in [1.54, 1.807) is 22.9 Å². The van der Waals surface area contributed by atoms with E-state index in [9.17, 15) is 4.79 Å². The molecular weight excluding hydrogens is 319 g/mol. The van der Waals surface area contributed by atoms with E-state index >= 15 is 0 Å². The largest absolute Gasteiger partial charge is 0.481 e. The van der Waals surface area contributed by atoms with E-state index in [4.69, 9.17) is 28.3 Å². The summed E-state index contributed by atoms with van der Waals surface area (Å²) >= 11 is 13.1. The molecule has 7 heteroatoms. The average Bonchev–Trinajstić information content (AvgIpc) is 2.83. The molecule has 0 saturated heterocycles. The van der Waals surface area contributed by atoms with Gasteiger partial charge >= 0.3 is 5.97 Å². The lowest BCUT2D eigenvalue weighted by Gasteiger charge is -2.07. The molecule has 1 N–H and O–H groups in total. The van der Waals surface area contributed by atoms with Crippen molar-refractivity contribution >= 4 is 40.9 Å². The number of aliphatic carboxylic acids is 1. The van der Waals surface area contributed by atoms with Crippen LogP contribution in [-0.4, -0.2) is 26.6 Å². The number of aryl methyl sites for hydroxylation is 1. The SMILES string of the molecule is CCc1cc(SCC(=O)O)n(-c2ccc(Cl)c(Cl)c2)n1. The Labute approximate surface area is 130 Å². The minimum Gasteiger partial charge on any atom is -0.481 e. The van der Waals surface area contributed by atoms with E-state index in [1.165, 1.54) is 11.8 Å². The zero-order chi connectivity index (χ0) is 14.7. The second-order valence-electron chi connectivity index (χ2n) is 4.02. The number of carboxylic acids is 1. The number of thioether (sulfide) groups is 1. The van der Waals surface area contributed by atoms with Gasteiger partial charge in [0.25, 0.3) is 0 Å². The van der Waals surface area contributed by atoms with Crippen LogP contribution in [0.15, 0.2) is 29.3 Å². The summed E-state index contributed by atoms with van der Waals surface area (Å²) in [6.45, 7) is 1.99. The second kappa shape index (κ2) is 6.52. The van der Waals surface area contributed by atoms with E-state index in [0.29, 0.717) is 10.0 Å². The third-order valence-corrected chi connectivity index (χ3v) is 4.30. The molecule has 0 saturated carbocycles. The van der Waals surface area contributed by atoms with Crippen LogP contribution in [0.4, 0.5) is 0 Å². The van der Waals surface area contributed by atoms with Crippen LogP contribution >= 0.6 is 35.0 Å². The summed E-state index contributed by atoms with van der Waals surface area (Å²) in [6, 6.07) is 7.08. The second-order valence-corrected chi connectivity index (χ2v) is 5.83. The molecule has 0 fully saturated rings. The fourth-order valence-corrected chi connectivity index (χ4v) is 2.67. The Kier molecular flexibility index (Phi) is 4.96. The summed E-state index contributed by atoms with van der Waals surface area (Å²) in [5.74, 6) is -0.883. The Morgan fingerprint density at radius 3 is 2.70 bits per heavy atom. The molecule has 1 aromatic carbocycles. The lowest BCUT2D eigenvalue weighted by atomic mass is 10.3. The van der Waals surface area contributed by atoms with Gasteiger partial charge in [-0.05, 0) is 30.7 Å². The first-order valence-corrected chi connectivity index (χ1v) is 7.64. The van der Waals surface area contributed by atoms with Crippen LogP contribution < -0.4 is 0 Å². The van der Waals surface area contributed by atoms with Gasteiger partial charge in [-0.1, -0.05) is 41.9 Å². The third-order valence-electron chi connectivity index (χ3n) is 2.58. The van der Waals surface area contributed by atoms with Crippen LogP contribution in [0.2, 0.25) is 10.0 Å². The van der Waals surface area contributed by atoms with Gasteiger partial charge in [0.2, 0.25) is 0 Å². The lowest BCUT2D eigenvalue weighted by Crippen LogP contribution is -2.02. The maximum Gasteiger partial charge on any atom is 0.313 e. The van der Waals surface area contributed by atoms with Gasteiger partial charge < -0.3 is 5.11 Å². The molecule has 2 aromatic rings. The molecule has 20 heavy (non-hydrogen) atoms. The van der Waals surface area contributed by atoms with Crippen molar-refractivity contribution in [1.82, 2.24) is 9.78 Å². The van der Waals surface area contributed by atoms with Crippen molar-refractivity contribution < 1.29 is 9.90 Å². The quantitative estimate of drug-likeness (QED) is 0.844. The normalized spacial score (nSPS) is 10.8. The van der Waals surface area contributed by atoms with E-state index < -0.39 is 5.97 Å². The third kappa shape index (κ3) is 3.48. The predicted molar refractivity (Wildman–Crippen MR) is 81.3 cm³/mol. The molecule has 0 aliphatic heterocycles. The molecule has 0 aliphatic rings. The zero-order valence-electron chi connectivity index (χ0n) is 10.6. The first-order chi connectivity index (χ1) is 9.51. The van der Waals surface area contributed by atoms with Crippen LogP contribution in [0.25, 0.3) is 5.69 Å². The van der Waals surface area contributed by atoms with Crippen LogP contribution in [0, 0.1) is 0 Å². The summed E-state index contributed by atoms with van der Waals surface area (Å²) in [5.41, 5.74) is 1.65. The maximum absolute atomic E-state index is 10.7. The smallest absolute Gasteiger partial charge is 0.313 e. The minimum absolute atomic E-state index is 0.0177. The standard InChI is InChI=1S/C13H12Cl2N2O2S/c1-2-8-5-12(20-7-13(18)19)17(16-8)9-3-4-10(14)11(15)6-9/h3-6H,2,7H2,1H3,(H,18,19). The molecule has 0 amide bonds. The molecule has 0 bridgehead atoms. The zero-order valence-corrected chi connectivity index (χ0v) is 13.0. The molecule has 0 atom stereocenters. The van der Waals surface area contributed by atoms with Crippen molar-refractivity contribution in [2.75, 3.05) is 5.75 Å². The van der Waals surface area contributed by atoms with Crippen LogP contribution in [0.1, 0.15) is 12.6 Å². The van der Waals surface area contributed by atoms with Gasteiger partial charge in [0.05, 0.1) is 27.2 Å². The number of benzene rings is 1. The van der Waals surface area contributed by atoms with Crippen molar-refractivity contribution in [3.63, 3.8) is 0 Å². The number of hydrogen-bond acceptors (Lipinski definition) is 3. The topological polar surface area (TPSA) is 55.1 Å². The number of carbonyl (C=O) groups is 1. The number of halogens is 2. The number of nitrogens with zero attached hydrogens (tertiary/aromatic N) is 2. The van der Waals surface area contributed by atoms with Gasteiger partial charge in [-0.15, -0.1) is 0 Å². The monoisotopic (exact) mass is 330 g/mol. The van der Waals surface area contributed by atoms with E-state index in [1.807, 2.05) is 13.0 Å². The molecule has 0 spiro atoms. The van der Waals surface area contributed by atoms with Crippen LogP contribution in [0.3, 0.4) is 0 Å². The summed E-state index contributed by atoms with van der Waals surface area (Å²) in [4.78, 5) is 10.7. The predicted octanol–water partition coefficient (Wildman–Crippen LogP) is 3.92. The number of rotatable bonds is 5. The molecule has 0 aliphatic carbocycles. The Balaban J connectivity index is 2.40. The number of hydrogen-bond donors (Lipinski definition) is 1. The Bertz CT molecular complexity index is 643. The van der Waals surface area contributed by atoms with E-state index in [-0.39, 0.29) is 5.75 Å². The molecule has 1 heterocycles. The molecule has 0 unspecified atom stereocenters. The molecule has 4 nitrogen and oxygen atoms in total. The van der Waals surface area contributed by atoms with E-state index in [0.717, 1.165) is 22.8 Å². The Hall–Kier alpha value is -1.17. The van der Waals surface area contributed by atoms with Crippen LogP contribution in [-0.2, 0) is 11.2 Å². The first kappa shape index (κ1) is 15.2.